The van der Waals surface area contributed by atoms with Crippen LogP contribution in [0, 0.1) is 13.8 Å². The Labute approximate surface area is 166 Å². The van der Waals surface area contributed by atoms with Gasteiger partial charge in [-0.05, 0) is 49.9 Å². The summed E-state index contributed by atoms with van der Waals surface area (Å²) >= 11 is 1.75. The molecule has 0 unspecified atom stereocenters. The van der Waals surface area contributed by atoms with E-state index in [-0.39, 0.29) is 17.8 Å². The summed E-state index contributed by atoms with van der Waals surface area (Å²) in [7, 11) is 0. The summed E-state index contributed by atoms with van der Waals surface area (Å²) in [6.45, 7) is 4.98. The summed E-state index contributed by atoms with van der Waals surface area (Å²) in [5, 5.41) is 6.84. The normalized spacial score (nSPS) is 11.2. The fraction of sp³-hybridized carbons (Fsp3) is 0.227. The van der Waals surface area contributed by atoms with Gasteiger partial charge in [0.05, 0.1) is 11.7 Å². The monoisotopic (exact) mass is 391 g/mol. The van der Waals surface area contributed by atoms with Gasteiger partial charge < -0.3 is 4.57 Å². The van der Waals surface area contributed by atoms with Gasteiger partial charge in [-0.2, -0.15) is 5.10 Å². The van der Waals surface area contributed by atoms with Crippen LogP contribution in [0.4, 0.5) is 0 Å². The van der Waals surface area contributed by atoms with Crippen molar-refractivity contribution < 1.29 is 4.79 Å². The van der Waals surface area contributed by atoms with Gasteiger partial charge in [0, 0.05) is 33.8 Å². The lowest BCUT2D eigenvalue weighted by molar-refractivity contribution is 0.0968. The fourth-order valence-electron chi connectivity index (χ4n) is 3.61. The third kappa shape index (κ3) is 3.43. The van der Waals surface area contributed by atoms with E-state index < -0.39 is 0 Å². The Morgan fingerprint density at radius 1 is 1.14 bits per heavy atom. The van der Waals surface area contributed by atoms with Crippen LogP contribution in [0.25, 0.3) is 10.9 Å². The van der Waals surface area contributed by atoms with E-state index in [9.17, 15) is 9.59 Å². The van der Waals surface area contributed by atoms with Gasteiger partial charge in [0.2, 0.25) is 5.43 Å². The summed E-state index contributed by atoms with van der Waals surface area (Å²) in [6, 6.07) is 13.4. The molecule has 6 heteroatoms. The molecule has 0 atom stereocenters. The van der Waals surface area contributed by atoms with Crippen LogP contribution in [0.5, 0.6) is 0 Å². The van der Waals surface area contributed by atoms with E-state index in [2.05, 4.69) is 27.2 Å². The average Bonchev–Trinajstić information content (AvgIpc) is 3.31. The molecule has 3 aromatic heterocycles. The number of hydrogen-bond donors (Lipinski definition) is 0. The van der Waals surface area contributed by atoms with Gasteiger partial charge in [0.15, 0.2) is 5.78 Å². The van der Waals surface area contributed by atoms with Gasteiger partial charge >= 0.3 is 0 Å². The molecular formula is C22H21N3O2S. The molecule has 0 saturated heterocycles. The van der Waals surface area contributed by atoms with E-state index in [4.69, 9.17) is 0 Å². The van der Waals surface area contributed by atoms with Crippen LogP contribution in [0.15, 0.2) is 58.8 Å². The van der Waals surface area contributed by atoms with Gasteiger partial charge in [-0.15, -0.1) is 11.3 Å². The van der Waals surface area contributed by atoms with Gasteiger partial charge in [0.25, 0.3) is 0 Å². The van der Waals surface area contributed by atoms with Crippen molar-refractivity contribution in [3.8, 4) is 0 Å². The number of Topliss-reactive ketones (excluding diaryl/α,β-unsaturated/α-hetero) is 1. The molecule has 0 radical (unpaired) electrons. The van der Waals surface area contributed by atoms with Crippen LogP contribution in [-0.4, -0.2) is 20.1 Å². The number of benzene rings is 1. The number of aryl methyl sites for hydroxylation is 2. The first-order chi connectivity index (χ1) is 13.5. The molecule has 0 bridgehead atoms. The van der Waals surface area contributed by atoms with Crippen LogP contribution in [0.1, 0.15) is 26.6 Å². The summed E-state index contributed by atoms with van der Waals surface area (Å²) in [5.74, 6) is -0.00299. The largest absolute Gasteiger partial charge is 0.348 e. The van der Waals surface area contributed by atoms with Crippen molar-refractivity contribution in [1.29, 1.82) is 0 Å². The minimum atomic E-state index is -0.133. The van der Waals surface area contributed by atoms with Crippen LogP contribution >= 0.6 is 11.3 Å². The first-order valence-corrected chi connectivity index (χ1v) is 10.1. The number of nitrogens with zero attached hydrogens (tertiary/aromatic N) is 3. The number of rotatable bonds is 6. The highest BCUT2D eigenvalue weighted by atomic mass is 32.1. The molecule has 28 heavy (non-hydrogen) atoms. The maximum absolute atomic E-state index is 13.0. The van der Waals surface area contributed by atoms with Gasteiger partial charge in [-0.25, -0.2) is 0 Å². The summed E-state index contributed by atoms with van der Waals surface area (Å²) in [5.41, 5.74) is 3.31. The Kier molecular flexibility index (Phi) is 4.96. The van der Waals surface area contributed by atoms with E-state index in [0.717, 1.165) is 24.4 Å². The van der Waals surface area contributed by atoms with E-state index >= 15 is 0 Å². The highest BCUT2D eigenvalue weighted by Crippen LogP contribution is 2.19. The smallest absolute Gasteiger partial charge is 0.207 e. The van der Waals surface area contributed by atoms with Crippen LogP contribution in [0.2, 0.25) is 0 Å². The second kappa shape index (κ2) is 7.56. The number of carbonyl (C=O) groups is 1. The Morgan fingerprint density at radius 3 is 2.75 bits per heavy atom. The van der Waals surface area contributed by atoms with E-state index in [1.165, 1.54) is 11.1 Å². The molecule has 0 aliphatic rings. The molecule has 0 saturated carbocycles. The second-order valence-corrected chi connectivity index (χ2v) is 7.90. The lowest BCUT2D eigenvalue weighted by Gasteiger charge is -2.10. The number of hydrogen-bond acceptors (Lipinski definition) is 4. The number of para-hydroxylation sites is 1. The molecule has 4 aromatic rings. The third-order valence-electron chi connectivity index (χ3n) is 5.09. The highest BCUT2D eigenvalue weighted by Gasteiger charge is 2.17. The lowest BCUT2D eigenvalue weighted by atomic mass is 10.1. The van der Waals surface area contributed by atoms with Gasteiger partial charge in [-0.1, -0.05) is 18.2 Å². The molecule has 3 heterocycles. The molecule has 1 aromatic carbocycles. The zero-order valence-corrected chi connectivity index (χ0v) is 16.7. The molecule has 0 spiro atoms. The Hall–Kier alpha value is -2.99. The molecular weight excluding hydrogens is 370 g/mol. The zero-order valence-electron chi connectivity index (χ0n) is 15.9. The SMILES string of the molecule is Cc1cc(C(=O)Cn2ncc(=O)c3ccccc32)c(C)n1CCc1cccs1. The van der Waals surface area contributed by atoms with Crippen molar-refractivity contribution in [2.45, 2.75) is 33.4 Å². The lowest BCUT2D eigenvalue weighted by Crippen LogP contribution is -2.18. The summed E-state index contributed by atoms with van der Waals surface area (Å²) < 4.78 is 3.81. The van der Waals surface area contributed by atoms with Crippen LogP contribution in [-0.2, 0) is 19.5 Å². The number of ketones is 1. The number of fused-ring (bicyclic) bond motifs is 1. The number of carbonyl (C=O) groups excluding carboxylic acids is 1. The van der Waals surface area contributed by atoms with Gasteiger partial charge in [0.1, 0.15) is 6.54 Å². The Morgan fingerprint density at radius 2 is 1.96 bits per heavy atom. The van der Waals surface area contributed by atoms with Crippen molar-refractivity contribution in [2.24, 2.45) is 0 Å². The minimum absolute atomic E-state index is 0.00299. The number of thiophene rings is 1. The van der Waals surface area contributed by atoms with Crippen molar-refractivity contribution >= 4 is 28.0 Å². The van der Waals surface area contributed by atoms with Crippen molar-refractivity contribution in [3.05, 3.63) is 86.1 Å². The van der Waals surface area contributed by atoms with Crippen LogP contribution in [0.3, 0.4) is 0 Å². The first kappa shape index (κ1) is 18.4. The molecule has 142 valence electrons. The molecule has 4 rings (SSSR count). The molecule has 0 amide bonds. The molecule has 0 N–H and O–H groups in total. The van der Waals surface area contributed by atoms with Crippen molar-refractivity contribution in [1.82, 2.24) is 14.3 Å². The van der Waals surface area contributed by atoms with E-state index in [0.29, 0.717) is 16.5 Å². The second-order valence-electron chi connectivity index (χ2n) is 6.87. The molecule has 0 aliphatic heterocycles. The maximum Gasteiger partial charge on any atom is 0.207 e. The third-order valence-corrected chi connectivity index (χ3v) is 6.03. The van der Waals surface area contributed by atoms with Gasteiger partial charge in [-0.3, -0.25) is 14.3 Å². The molecule has 5 nitrogen and oxygen atoms in total. The molecule has 0 aliphatic carbocycles. The summed E-state index contributed by atoms with van der Waals surface area (Å²) in [4.78, 5) is 26.3. The standard InChI is InChI=1S/C22H21N3O2S/c1-15-12-19(16(2)24(15)10-9-17-6-5-11-28-17)22(27)14-25-20-8-4-3-7-18(20)21(26)13-23-25/h3-8,11-13H,9-10,14H2,1-2H3. The number of aromatic nitrogens is 3. The minimum Gasteiger partial charge on any atom is -0.348 e. The Balaban J connectivity index is 1.60. The van der Waals surface area contributed by atoms with Crippen LogP contribution < -0.4 is 5.43 Å². The fourth-order valence-corrected chi connectivity index (χ4v) is 4.31. The topological polar surface area (TPSA) is 56.9 Å². The quantitative estimate of drug-likeness (QED) is 0.467. The average molecular weight is 391 g/mol. The summed E-state index contributed by atoms with van der Waals surface area (Å²) in [6.07, 6.45) is 2.23. The highest BCUT2D eigenvalue weighted by molar-refractivity contribution is 7.09. The first-order valence-electron chi connectivity index (χ1n) is 9.22. The van der Waals surface area contributed by atoms with E-state index in [1.807, 2.05) is 38.1 Å². The maximum atomic E-state index is 13.0. The van der Waals surface area contributed by atoms with E-state index in [1.54, 1.807) is 22.1 Å². The molecule has 0 fully saturated rings. The zero-order chi connectivity index (χ0) is 19.7. The Bertz CT molecular complexity index is 1200. The predicted octanol–water partition coefficient (Wildman–Crippen LogP) is 4.00. The van der Waals surface area contributed by atoms with Crippen molar-refractivity contribution in [2.75, 3.05) is 0 Å². The van der Waals surface area contributed by atoms with Crippen molar-refractivity contribution in [3.63, 3.8) is 0 Å². The predicted molar refractivity (Wildman–Crippen MR) is 112 cm³/mol.